The van der Waals surface area contributed by atoms with E-state index < -0.39 is 9.84 Å². The Bertz CT molecular complexity index is 1160. The number of halogens is 2. The number of aryl methyl sites for hydroxylation is 1. The van der Waals surface area contributed by atoms with Crippen molar-refractivity contribution >= 4 is 44.7 Å². The van der Waals surface area contributed by atoms with Crippen molar-refractivity contribution in [2.45, 2.75) is 25.2 Å². The van der Waals surface area contributed by atoms with E-state index >= 15 is 0 Å². The fraction of sp³-hybridized carbons (Fsp3) is 0.364. The number of rotatable bonds is 9. The fourth-order valence-electron chi connectivity index (χ4n) is 3.67. The van der Waals surface area contributed by atoms with E-state index in [1.807, 2.05) is 31.2 Å². The summed E-state index contributed by atoms with van der Waals surface area (Å²) >= 11 is 6.17. The van der Waals surface area contributed by atoms with Crippen LogP contribution < -0.4 is 10.1 Å². The molecule has 9 heteroatoms. The number of H-pyrrole nitrogens is 1. The predicted octanol–water partition coefficient (Wildman–Crippen LogP) is 3.81. The monoisotopic (exact) mass is 486 g/mol. The number of fused-ring (bicyclic) bond motifs is 1. The lowest BCUT2D eigenvalue weighted by Crippen LogP contribution is -2.23. The van der Waals surface area contributed by atoms with Gasteiger partial charge in [-0.3, -0.25) is 0 Å². The van der Waals surface area contributed by atoms with Crippen LogP contribution in [0.4, 0.5) is 0 Å². The van der Waals surface area contributed by atoms with Crippen molar-refractivity contribution in [3.63, 3.8) is 0 Å². The van der Waals surface area contributed by atoms with Gasteiger partial charge >= 0.3 is 0 Å². The van der Waals surface area contributed by atoms with Gasteiger partial charge in [0, 0.05) is 48.4 Å². The van der Waals surface area contributed by atoms with E-state index in [0.29, 0.717) is 31.7 Å². The van der Waals surface area contributed by atoms with Gasteiger partial charge in [-0.15, -0.1) is 12.4 Å². The highest BCUT2D eigenvalue weighted by atomic mass is 35.5. The van der Waals surface area contributed by atoms with Gasteiger partial charge in [0.15, 0.2) is 9.84 Å². The van der Waals surface area contributed by atoms with Crippen LogP contribution in [-0.4, -0.2) is 51.1 Å². The summed E-state index contributed by atoms with van der Waals surface area (Å²) in [5.74, 6) is 0.767. The highest BCUT2D eigenvalue weighted by Crippen LogP contribution is 2.32. The second-order valence-corrected chi connectivity index (χ2v) is 9.73. The predicted molar refractivity (Wildman–Crippen MR) is 128 cm³/mol. The molecule has 6 nitrogen and oxygen atoms in total. The van der Waals surface area contributed by atoms with Crippen LogP contribution in [0.2, 0.25) is 5.02 Å². The van der Waals surface area contributed by atoms with Crippen molar-refractivity contribution in [3.05, 3.63) is 57.7 Å². The minimum absolute atomic E-state index is 0. The number of aromatic nitrogens is 1. The van der Waals surface area contributed by atoms with Crippen LogP contribution in [0.15, 0.2) is 35.2 Å². The number of aliphatic hydroxyl groups is 1. The topological polar surface area (TPSA) is 91.4 Å². The van der Waals surface area contributed by atoms with Gasteiger partial charge < -0.3 is 20.1 Å². The lowest BCUT2D eigenvalue weighted by molar-refractivity contribution is 0.276. The van der Waals surface area contributed by atoms with Gasteiger partial charge in [-0.1, -0.05) is 17.7 Å². The molecule has 0 radical (unpaired) electrons. The third kappa shape index (κ3) is 5.93. The summed E-state index contributed by atoms with van der Waals surface area (Å²) in [5.41, 5.74) is 4.74. The minimum Gasteiger partial charge on any atom is -0.492 e. The van der Waals surface area contributed by atoms with Crippen LogP contribution in [-0.2, 0) is 16.3 Å². The van der Waals surface area contributed by atoms with Crippen LogP contribution >= 0.6 is 24.0 Å². The van der Waals surface area contributed by atoms with Crippen molar-refractivity contribution in [3.8, 4) is 5.75 Å². The Balaban J connectivity index is 0.00000341. The first-order valence-corrected chi connectivity index (χ1v) is 12.0. The van der Waals surface area contributed by atoms with Gasteiger partial charge in [0.05, 0.1) is 16.5 Å². The molecule has 0 saturated carbocycles. The highest BCUT2D eigenvalue weighted by Gasteiger charge is 2.19. The second kappa shape index (κ2) is 10.7. The number of sulfone groups is 1. The molecule has 0 amide bonds. The van der Waals surface area contributed by atoms with E-state index in [4.69, 9.17) is 21.4 Å². The molecule has 3 aromatic rings. The Labute approximate surface area is 194 Å². The summed E-state index contributed by atoms with van der Waals surface area (Å²) in [5, 5.41) is 13.2. The number of aromatic amines is 1. The van der Waals surface area contributed by atoms with Gasteiger partial charge in [-0.2, -0.15) is 0 Å². The van der Waals surface area contributed by atoms with Crippen molar-refractivity contribution in [1.29, 1.82) is 0 Å². The molecule has 0 aliphatic carbocycles. The maximum atomic E-state index is 12.2. The number of aliphatic hydroxyl groups excluding tert-OH is 1. The highest BCUT2D eigenvalue weighted by molar-refractivity contribution is 7.90. The Kier molecular flexibility index (Phi) is 8.80. The molecule has 0 unspecified atom stereocenters. The summed E-state index contributed by atoms with van der Waals surface area (Å²) in [7, 11) is -3.41. The molecule has 0 fully saturated rings. The first-order chi connectivity index (χ1) is 14.2. The fourth-order valence-corrected chi connectivity index (χ4v) is 5.40. The zero-order chi connectivity index (χ0) is 21.9. The van der Waals surface area contributed by atoms with E-state index in [1.165, 1.54) is 6.26 Å². The van der Waals surface area contributed by atoms with Crippen molar-refractivity contribution in [2.24, 2.45) is 0 Å². The quantitative estimate of drug-likeness (QED) is 0.400. The van der Waals surface area contributed by atoms with Crippen molar-refractivity contribution in [2.75, 3.05) is 32.6 Å². The van der Waals surface area contributed by atoms with Gasteiger partial charge in [0.25, 0.3) is 0 Å². The maximum Gasteiger partial charge on any atom is 0.177 e. The van der Waals surface area contributed by atoms with Gasteiger partial charge in [-0.25, -0.2) is 8.42 Å². The number of hydrogen-bond acceptors (Lipinski definition) is 5. The smallest absolute Gasteiger partial charge is 0.177 e. The SMILES string of the molecule is Cc1[nH]c2cc(OCCNCCO)ccc2c1Cc1ccc(Cl)c(S(C)(=O)=O)c1C.Cl. The number of benzene rings is 2. The maximum absolute atomic E-state index is 12.2. The minimum atomic E-state index is -3.41. The summed E-state index contributed by atoms with van der Waals surface area (Å²) in [6.07, 6.45) is 1.78. The molecular formula is C22H28Cl2N2O4S. The Hall–Kier alpha value is -1.77. The Morgan fingerprint density at radius 3 is 2.58 bits per heavy atom. The molecule has 0 bridgehead atoms. The van der Waals surface area contributed by atoms with Crippen LogP contribution in [0.3, 0.4) is 0 Å². The molecule has 2 aromatic carbocycles. The standard InChI is InChI=1S/C22H27ClN2O4S.ClH/c1-14-16(4-7-20(23)22(14)30(3,27)28)12-19-15(2)25-21-13-17(5-6-18(19)21)29-11-9-24-8-10-26;/h4-7,13,24-26H,8-12H2,1-3H3;1H. The third-order valence-electron chi connectivity index (χ3n) is 5.14. The third-order valence-corrected chi connectivity index (χ3v) is 6.83. The van der Waals surface area contributed by atoms with E-state index in [9.17, 15) is 8.42 Å². The first-order valence-electron chi connectivity index (χ1n) is 9.76. The number of nitrogens with one attached hydrogen (secondary N) is 2. The zero-order valence-electron chi connectivity index (χ0n) is 17.8. The summed E-state index contributed by atoms with van der Waals surface area (Å²) in [6.45, 7) is 5.64. The van der Waals surface area contributed by atoms with E-state index in [0.717, 1.165) is 33.5 Å². The number of ether oxygens (including phenoxy) is 1. The second-order valence-electron chi connectivity index (χ2n) is 7.37. The Morgan fingerprint density at radius 2 is 1.90 bits per heavy atom. The first kappa shape index (κ1) is 25.5. The molecule has 1 aromatic heterocycles. The van der Waals surface area contributed by atoms with Gasteiger partial charge in [0.2, 0.25) is 0 Å². The zero-order valence-corrected chi connectivity index (χ0v) is 20.2. The van der Waals surface area contributed by atoms with Gasteiger partial charge in [0.1, 0.15) is 12.4 Å². The van der Waals surface area contributed by atoms with Crippen LogP contribution in [0.25, 0.3) is 10.9 Å². The normalized spacial score (nSPS) is 11.5. The molecule has 0 spiro atoms. The summed E-state index contributed by atoms with van der Waals surface area (Å²) in [6, 6.07) is 9.46. The summed E-state index contributed by atoms with van der Waals surface area (Å²) in [4.78, 5) is 3.60. The summed E-state index contributed by atoms with van der Waals surface area (Å²) < 4.78 is 30.1. The van der Waals surface area contributed by atoms with Crippen molar-refractivity contribution in [1.82, 2.24) is 10.3 Å². The molecular weight excluding hydrogens is 459 g/mol. The van der Waals surface area contributed by atoms with Gasteiger partial charge in [-0.05, 0) is 48.7 Å². The Morgan fingerprint density at radius 1 is 1.16 bits per heavy atom. The largest absolute Gasteiger partial charge is 0.492 e. The number of hydrogen-bond donors (Lipinski definition) is 3. The van der Waals surface area contributed by atoms with Crippen LogP contribution in [0.5, 0.6) is 5.75 Å². The molecule has 3 N–H and O–H groups in total. The van der Waals surface area contributed by atoms with Crippen LogP contribution in [0, 0.1) is 13.8 Å². The molecule has 31 heavy (non-hydrogen) atoms. The molecule has 0 saturated heterocycles. The lowest BCUT2D eigenvalue weighted by atomic mass is 9.98. The lowest BCUT2D eigenvalue weighted by Gasteiger charge is -2.12. The van der Waals surface area contributed by atoms with E-state index in [2.05, 4.69) is 10.3 Å². The van der Waals surface area contributed by atoms with Crippen LogP contribution in [0.1, 0.15) is 22.4 Å². The molecule has 0 aliphatic heterocycles. The average molecular weight is 487 g/mol. The van der Waals surface area contributed by atoms with Crippen molar-refractivity contribution < 1.29 is 18.3 Å². The van der Waals surface area contributed by atoms with E-state index in [-0.39, 0.29) is 28.9 Å². The molecule has 0 atom stereocenters. The van der Waals surface area contributed by atoms with E-state index in [1.54, 1.807) is 13.0 Å². The molecule has 170 valence electrons. The molecule has 0 aliphatic rings. The molecule has 3 rings (SSSR count). The average Bonchev–Trinajstić information content (AvgIpc) is 2.97. The molecule has 1 heterocycles.